The Kier molecular flexibility index (Phi) is 6.97. The number of nitrogens with zero attached hydrogens (tertiary/aromatic N) is 1. The molecule has 22 heavy (non-hydrogen) atoms. The van der Waals surface area contributed by atoms with Crippen molar-refractivity contribution in [2.75, 3.05) is 17.1 Å². The van der Waals surface area contributed by atoms with Gasteiger partial charge in [0.05, 0.1) is 17.0 Å². The largest absolute Gasteiger partial charge is 0.352 e. The molecule has 124 valence electrons. The predicted molar refractivity (Wildman–Crippen MR) is 91.2 cm³/mol. The van der Waals surface area contributed by atoms with Gasteiger partial charge in [0.25, 0.3) is 0 Å². The molecule has 0 spiro atoms. The summed E-state index contributed by atoms with van der Waals surface area (Å²) >= 11 is 11.9. The molecule has 0 aromatic heterocycles. The zero-order valence-corrected chi connectivity index (χ0v) is 15.1. The average Bonchev–Trinajstić information content (AvgIpc) is 2.38. The molecule has 0 bridgehead atoms. The van der Waals surface area contributed by atoms with Crippen LogP contribution in [0.2, 0.25) is 10.0 Å². The van der Waals surface area contributed by atoms with Crippen LogP contribution in [0.5, 0.6) is 0 Å². The third-order valence-electron chi connectivity index (χ3n) is 2.99. The molecule has 1 N–H and O–H groups in total. The summed E-state index contributed by atoms with van der Waals surface area (Å²) in [6.07, 6.45) is 2.77. The summed E-state index contributed by atoms with van der Waals surface area (Å²) in [5.41, 5.74) is 0.190. The van der Waals surface area contributed by atoms with Gasteiger partial charge in [0.1, 0.15) is 6.54 Å². The van der Waals surface area contributed by atoms with E-state index in [0.717, 1.165) is 23.4 Å². The van der Waals surface area contributed by atoms with Gasteiger partial charge in [0, 0.05) is 11.1 Å². The molecule has 1 amide bonds. The van der Waals surface area contributed by atoms with Crippen molar-refractivity contribution in [1.82, 2.24) is 5.32 Å². The number of carbonyl (C=O) groups is 1. The lowest BCUT2D eigenvalue weighted by atomic mass is 10.2. The van der Waals surface area contributed by atoms with Crippen molar-refractivity contribution >= 4 is 44.8 Å². The lowest BCUT2D eigenvalue weighted by Gasteiger charge is -2.24. The highest BCUT2D eigenvalue weighted by molar-refractivity contribution is 7.92. The van der Waals surface area contributed by atoms with E-state index >= 15 is 0 Å². The van der Waals surface area contributed by atoms with Gasteiger partial charge in [0.15, 0.2) is 0 Å². The molecule has 1 rings (SSSR count). The molecule has 0 heterocycles. The molecule has 0 saturated carbocycles. The van der Waals surface area contributed by atoms with Gasteiger partial charge in [-0.1, -0.05) is 36.5 Å². The highest BCUT2D eigenvalue weighted by atomic mass is 35.5. The molecule has 0 unspecified atom stereocenters. The van der Waals surface area contributed by atoms with Crippen LogP contribution in [0, 0.1) is 0 Å². The molecule has 1 aromatic carbocycles. The molecule has 1 atom stereocenters. The standard InChI is InChI=1S/C14H20Cl2N2O3S/c1-4-5-10(2)17-14(19)9-18(22(3,20)21)13-8-11(15)6-7-12(13)16/h6-8,10H,4-5,9H2,1-3H3,(H,17,19)/t10-/m0/s1. The van der Waals surface area contributed by atoms with Crippen LogP contribution in [0.1, 0.15) is 26.7 Å². The Morgan fingerprint density at radius 1 is 1.36 bits per heavy atom. The van der Waals surface area contributed by atoms with Crippen molar-refractivity contribution in [3.63, 3.8) is 0 Å². The van der Waals surface area contributed by atoms with E-state index in [1.807, 2.05) is 13.8 Å². The Bertz CT molecular complexity index is 635. The van der Waals surface area contributed by atoms with Crippen LogP contribution in [-0.2, 0) is 14.8 Å². The van der Waals surface area contributed by atoms with Gasteiger partial charge in [-0.15, -0.1) is 0 Å². The second-order valence-electron chi connectivity index (χ2n) is 5.12. The van der Waals surface area contributed by atoms with E-state index in [1.165, 1.54) is 12.1 Å². The Morgan fingerprint density at radius 2 is 2.00 bits per heavy atom. The normalized spacial score (nSPS) is 12.8. The Morgan fingerprint density at radius 3 is 2.55 bits per heavy atom. The van der Waals surface area contributed by atoms with Gasteiger partial charge >= 0.3 is 0 Å². The minimum Gasteiger partial charge on any atom is -0.352 e. The van der Waals surface area contributed by atoms with Crippen molar-refractivity contribution in [3.8, 4) is 0 Å². The molecule has 0 saturated heterocycles. The number of carbonyl (C=O) groups excluding carboxylic acids is 1. The molecule has 8 heteroatoms. The van der Waals surface area contributed by atoms with Crippen LogP contribution in [0.15, 0.2) is 18.2 Å². The lowest BCUT2D eigenvalue weighted by Crippen LogP contribution is -2.43. The predicted octanol–water partition coefficient (Wildman–Crippen LogP) is 3.06. The van der Waals surface area contributed by atoms with E-state index < -0.39 is 10.0 Å². The summed E-state index contributed by atoms with van der Waals surface area (Å²) in [7, 11) is -3.67. The molecule has 0 radical (unpaired) electrons. The van der Waals surface area contributed by atoms with Crippen molar-refractivity contribution < 1.29 is 13.2 Å². The smallest absolute Gasteiger partial charge is 0.240 e. The molecule has 1 aromatic rings. The van der Waals surface area contributed by atoms with Gasteiger partial charge in [-0.3, -0.25) is 9.10 Å². The van der Waals surface area contributed by atoms with Crippen LogP contribution in [-0.4, -0.2) is 33.2 Å². The maximum Gasteiger partial charge on any atom is 0.240 e. The molecule has 0 aliphatic heterocycles. The molecule has 5 nitrogen and oxygen atoms in total. The number of nitrogens with one attached hydrogen (secondary N) is 1. The van der Waals surface area contributed by atoms with Gasteiger partial charge in [-0.05, 0) is 31.5 Å². The van der Waals surface area contributed by atoms with Crippen LogP contribution in [0.25, 0.3) is 0 Å². The molecular weight excluding hydrogens is 347 g/mol. The topological polar surface area (TPSA) is 66.5 Å². The maximum atomic E-state index is 12.1. The minimum absolute atomic E-state index is 0.0197. The highest BCUT2D eigenvalue weighted by Gasteiger charge is 2.23. The van der Waals surface area contributed by atoms with Crippen molar-refractivity contribution in [3.05, 3.63) is 28.2 Å². The number of amides is 1. The van der Waals surface area contributed by atoms with Crippen LogP contribution >= 0.6 is 23.2 Å². The van der Waals surface area contributed by atoms with E-state index in [2.05, 4.69) is 5.32 Å². The summed E-state index contributed by atoms with van der Waals surface area (Å²) in [6, 6.07) is 4.45. The Hall–Kier alpha value is -0.980. The fourth-order valence-electron chi connectivity index (χ4n) is 2.01. The number of hydrogen-bond acceptors (Lipinski definition) is 3. The Balaban J connectivity index is 3.01. The number of anilines is 1. The van der Waals surface area contributed by atoms with Crippen LogP contribution in [0.4, 0.5) is 5.69 Å². The number of sulfonamides is 1. The minimum atomic E-state index is -3.67. The number of benzene rings is 1. The van der Waals surface area contributed by atoms with Crippen LogP contribution < -0.4 is 9.62 Å². The van der Waals surface area contributed by atoms with E-state index in [-0.39, 0.29) is 29.2 Å². The van der Waals surface area contributed by atoms with Gasteiger partial charge in [0.2, 0.25) is 15.9 Å². The van der Waals surface area contributed by atoms with Crippen molar-refractivity contribution in [1.29, 1.82) is 0 Å². The van der Waals surface area contributed by atoms with Crippen molar-refractivity contribution in [2.24, 2.45) is 0 Å². The Labute approximate surface area is 141 Å². The molecule has 0 aliphatic carbocycles. The first-order valence-corrected chi connectivity index (χ1v) is 9.47. The quantitative estimate of drug-likeness (QED) is 0.806. The summed E-state index contributed by atoms with van der Waals surface area (Å²) < 4.78 is 24.9. The summed E-state index contributed by atoms with van der Waals surface area (Å²) in [4.78, 5) is 12.1. The molecule has 0 fully saturated rings. The van der Waals surface area contributed by atoms with E-state index in [9.17, 15) is 13.2 Å². The summed E-state index contributed by atoms with van der Waals surface area (Å²) in [5.74, 6) is -0.387. The van der Waals surface area contributed by atoms with E-state index in [0.29, 0.717) is 5.02 Å². The zero-order chi connectivity index (χ0) is 16.9. The first-order valence-electron chi connectivity index (χ1n) is 6.87. The van der Waals surface area contributed by atoms with E-state index in [4.69, 9.17) is 23.2 Å². The summed E-state index contributed by atoms with van der Waals surface area (Å²) in [6.45, 7) is 3.54. The molecular formula is C14H20Cl2N2O3S. The molecule has 0 aliphatic rings. The second kappa shape index (κ2) is 8.04. The third-order valence-corrected chi connectivity index (χ3v) is 4.67. The van der Waals surface area contributed by atoms with Gasteiger partial charge in [-0.25, -0.2) is 8.42 Å². The van der Waals surface area contributed by atoms with E-state index in [1.54, 1.807) is 6.07 Å². The summed E-state index contributed by atoms with van der Waals surface area (Å²) in [5, 5.41) is 3.32. The number of rotatable bonds is 7. The van der Waals surface area contributed by atoms with Gasteiger partial charge in [-0.2, -0.15) is 0 Å². The average molecular weight is 367 g/mol. The zero-order valence-electron chi connectivity index (χ0n) is 12.8. The second-order valence-corrected chi connectivity index (χ2v) is 7.87. The first-order chi connectivity index (χ1) is 10.1. The number of halogens is 2. The lowest BCUT2D eigenvalue weighted by molar-refractivity contribution is -0.120. The van der Waals surface area contributed by atoms with Crippen molar-refractivity contribution in [2.45, 2.75) is 32.7 Å². The van der Waals surface area contributed by atoms with Gasteiger partial charge < -0.3 is 5.32 Å². The SMILES string of the molecule is CCC[C@H](C)NC(=O)CN(c1cc(Cl)ccc1Cl)S(C)(=O)=O. The fraction of sp³-hybridized carbons (Fsp3) is 0.500. The maximum absolute atomic E-state index is 12.1. The number of hydrogen-bond donors (Lipinski definition) is 1. The fourth-order valence-corrected chi connectivity index (χ4v) is 3.31. The third kappa shape index (κ3) is 5.66. The first kappa shape index (κ1) is 19.1. The monoisotopic (exact) mass is 366 g/mol. The van der Waals surface area contributed by atoms with Crippen LogP contribution in [0.3, 0.4) is 0 Å². The highest BCUT2D eigenvalue weighted by Crippen LogP contribution is 2.30.